The summed E-state index contributed by atoms with van der Waals surface area (Å²) in [6.07, 6.45) is 0. The van der Waals surface area contributed by atoms with Crippen molar-refractivity contribution in [2.24, 2.45) is 0 Å². The second-order valence-electron chi connectivity index (χ2n) is 10.4. The van der Waals surface area contributed by atoms with Gasteiger partial charge in [0.05, 0.1) is 15.6 Å². The van der Waals surface area contributed by atoms with Gasteiger partial charge in [-0.25, -0.2) is 4.98 Å². The first-order valence-electron chi connectivity index (χ1n) is 13.9. The minimum Gasteiger partial charge on any atom is -0.456 e. The summed E-state index contributed by atoms with van der Waals surface area (Å²) in [5.41, 5.74) is 8.73. The highest BCUT2D eigenvalue weighted by atomic mass is 32.1. The highest BCUT2D eigenvalue weighted by molar-refractivity contribution is 7.21. The van der Waals surface area contributed by atoms with Crippen molar-refractivity contribution >= 4 is 82.5 Å². The number of fused-ring (bicyclic) bond motifs is 8. The molecule has 9 rings (SSSR count). The summed E-state index contributed by atoms with van der Waals surface area (Å²) in [4.78, 5) is 7.40. The van der Waals surface area contributed by atoms with Crippen LogP contribution in [0.3, 0.4) is 0 Å². The average molecular weight is 559 g/mol. The standard InChI is InChI=1S/C37H22N2O2S/c1-3-9-23(10-4-1)37-38-36-34(42-37)20-19-33-35(36)29-22-26(16-18-32(29)41-33)39(24-11-5-2-6-12-24)25-15-17-31-28(21-25)27-13-7-8-14-30(27)40-31/h1-22H. The molecule has 0 N–H and O–H groups in total. The van der Waals surface area contributed by atoms with Gasteiger partial charge in [-0.05, 0) is 66.7 Å². The van der Waals surface area contributed by atoms with Gasteiger partial charge in [0, 0.05) is 38.8 Å². The number of para-hydroxylation sites is 2. The Morgan fingerprint density at radius 1 is 0.500 bits per heavy atom. The number of furan rings is 2. The third kappa shape index (κ3) is 3.57. The Kier molecular flexibility index (Phi) is 5.03. The van der Waals surface area contributed by atoms with Crippen molar-refractivity contribution in [3.8, 4) is 10.6 Å². The van der Waals surface area contributed by atoms with Crippen molar-refractivity contribution in [1.29, 1.82) is 0 Å². The van der Waals surface area contributed by atoms with Gasteiger partial charge in [0.2, 0.25) is 0 Å². The molecule has 0 saturated carbocycles. The van der Waals surface area contributed by atoms with Crippen LogP contribution in [0, 0.1) is 0 Å². The topological polar surface area (TPSA) is 42.4 Å². The third-order valence-corrected chi connectivity index (χ3v) is 8.96. The fourth-order valence-corrected chi connectivity index (χ4v) is 6.94. The van der Waals surface area contributed by atoms with Crippen LogP contribution < -0.4 is 4.90 Å². The lowest BCUT2D eigenvalue weighted by Crippen LogP contribution is -2.09. The molecule has 3 aromatic heterocycles. The molecule has 5 heteroatoms. The summed E-state index contributed by atoms with van der Waals surface area (Å²) in [6.45, 7) is 0. The molecular formula is C37H22N2O2S. The largest absolute Gasteiger partial charge is 0.456 e. The van der Waals surface area contributed by atoms with Gasteiger partial charge in [-0.2, -0.15) is 0 Å². The molecule has 0 aliphatic heterocycles. The van der Waals surface area contributed by atoms with Crippen molar-refractivity contribution in [3.63, 3.8) is 0 Å². The molecule has 4 nitrogen and oxygen atoms in total. The van der Waals surface area contributed by atoms with E-state index in [9.17, 15) is 0 Å². The van der Waals surface area contributed by atoms with E-state index in [2.05, 4.69) is 114 Å². The van der Waals surface area contributed by atoms with Crippen LogP contribution in [0.5, 0.6) is 0 Å². The highest BCUT2D eigenvalue weighted by Gasteiger charge is 2.19. The monoisotopic (exact) mass is 558 g/mol. The van der Waals surface area contributed by atoms with Gasteiger partial charge >= 0.3 is 0 Å². The van der Waals surface area contributed by atoms with E-state index in [1.165, 1.54) is 0 Å². The van der Waals surface area contributed by atoms with Crippen molar-refractivity contribution in [2.75, 3.05) is 4.90 Å². The van der Waals surface area contributed by atoms with E-state index < -0.39 is 0 Å². The Bertz CT molecular complexity index is 2420. The summed E-state index contributed by atoms with van der Waals surface area (Å²) in [7, 11) is 0. The first kappa shape index (κ1) is 23.3. The van der Waals surface area contributed by atoms with E-state index >= 15 is 0 Å². The molecule has 0 amide bonds. The zero-order valence-electron chi connectivity index (χ0n) is 22.3. The Hall–Kier alpha value is -5.39. The van der Waals surface area contributed by atoms with Crippen molar-refractivity contribution in [3.05, 3.63) is 133 Å². The maximum absolute atomic E-state index is 6.35. The molecule has 0 saturated heterocycles. The Morgan fingerprint density at radius 2 is 1.12 bits per heavy atom. The molecule has 0 fully saturated rings. The van der Waals surface area contributed by atoms with E-state index in [4.69, 9.17) is 13.8 Å². The fraction of sp³-hybridized carbons (Fsp3) is 0. The minimum atomic E-state index is 0.845. The molecule has 9 aromatic rings. The Morgan fingerprint density at radius 3 is 1.93 bits per heavy atom. The van der Waals surface area contributed by atoms with Crippen molar-refractivity contribution < 1.29 is 8.83 Å². The zero-order chi connectivity index (χ0) is 27.6. The van der Waals surface area contributed by atoms with Gasteiger partial charge in [-0.15, -0.1) is 11.3 Å². The van der Waals surface area contributed by atoms with Gasteiger partial charge in [0.25, 0.3) is 0 Å². The lowest BCUT2D eigenvalue weighted by Gasteiger charge is -2.25. The van der Waals surface area contributed by atoms with Crippen LogP contribution in [0.4, 0.5) is 17.1 Å². The molecule has 0 spiro atoms. The quantitative estimate of drug-likeness (QED) is 0.215. The molecule has 0 radical (unpaired) electrons. The molecule has 3 heterocycles. The average Bonchev–Trinajstić information content (AvgIpc) is 3.75. The van der Waals surface area contributed by atoms with Crippen molar-refractivity contribution in [2.45, 2.75) is 0 Å². The number of hydrogen-bond donors (Lipinski definition) is 0. The van der Waals surface area contributed by atoms with Crippen molar-refractivity contribution in [1.82, 2.24) is 4.98 Å². The lowest BCUT2D eigenvalue weighted by molar-refractivity contribution is 0.669. The Balaban J connectivity index is 1.27. The molecule has 42 heavy (non-hydrogen) atoms. The number of anilines is 3. The van der Waals surface area contributed by atoms with Gasteiger partial charge in [-0.1, -0.05) is 66.7 Å². The summed E-state index contributed by atoms with van der Waals surface area (Å²) in [5, 5.41) is 5.31. The number of aromatic nitrogens is 1. The van der Waals surface area contributed by atoms with Crippen LogP contribution in [0.1, 0.15) is 0 Å². The van der Waals surface area contributed by atoms with Crippen LogP contribution in [0.2, 0.25) is 0 Å². The van der Waals surface area contributed by atoms with E-state index in [1.807, 2.05) is 24.3 Å². The molecule has 0 aliphatic carbocycles. The summed E-state index contributed by atoms with van der Waals surface area (Å²) < 4.78 is 13.6. The van der Waals surface area contributed by atoms with E-state index in [1.54, 1.807) is 11.3 Å². The third-order valence-electron chi connectivity index (χ3n) is 7.89. The number of nitrogens with zero attached hydrogens (tertiary/aromatic N) is 2. The summed E-state index contributed by atoms with van der Waals surface area (Å²) >= 11 is 1.71. The fourth-order valence-electron chi connectivity index (χ4n) is 5.96. The molecule has 0 atom stereocenters. The van der Waals surface area contributed by atoms with E-state index in [0.717, 1.165) is 81.7 Å². The van der Waals surface area contributed by atoms with Gasteiger partial charge in [0.1, 0.15) is 27.3 Å². The minimum absolute atomic E-state index is 0.845. The Labute approximate surface area is 244 Å². The first-order valence-corrected chi connectivity index (χ1v) is 14.7. The first-order chi connectivity index (χ1) is 20.8. The second kappa shape index (κ2) is 9.06. The van der Waals surface area contributed by atoms with Crippen LogP contribution >= 0.6 is 11.3 Å². The highest BCUT2D eigenvalue weighted by Crippen LogP contribution is 2.43. The molecule has 6 aromatic carbocycles. The smallest absolute Gasteiger partial charge is 0.137 e. The zero-order valence-corrected chi connectivity index (χ0v) is 23.1. The number of hydrogen-bond acceptors (Lipinski definition) is 5. The lowest BCUT2D eigenvalue weighted by atomic mass is 10.1. The van der Waals surface area contributed by atoms with Crippen LogP contribution in [0.25, 0.3) is 64.7 Å². The normalized spacial score (nSPS) is 11.8. The molecular weight excluding hydrogens is 536 g/mol. The predicted octanol–water partition coefficient (Wildman–Crippen LogP) is 11.2. The number of thiazole rings is 1. The van der Waals surface area contributed by atoms with E-state index in [-0.39, 0.29) is 0 Å². The summed E-state index contributed by atoms with van der Waals surface area (Å²) in [6, 6.07) is 46.0. The van der Waals surface area contributed by atoms with Gasteiger partial charge in [0.15, 0.2) is 0 Å². The van der Waals surface area contributed by atoms with Crippen LogP contribution in [0.15, 0.2) is 142 Å². The van der Waals surface area contributed by atoms with Gasteiger partial charge in [-0.3, -0.25) is 0 Å². The van der Waals surface area contributed by atoms with Gasteiger partial charge < -0.3 is 13.7 Å². The predicted molar refractivity (Wildman–Crippen MR) is 174 cm³/mol. The maximum Gasteiger partial charge on any atom is 0.137 e. The number of benzene rings is 6. The molecule has 0 aliphatic rings. The van der Waals surface area contributed by atoms with Crippen LogP contribution in [-0.4, -0.2) is 4.98 Å². The second-order valence-corrected chi connectivity index (χ2v) is 11.4. The van der Waals surface area contributed by atoms with E-state index in [0.29, 0.717) is 0 Å². The molecule has 198 valence electrons. The van der Waals surface area contributed by atoms with Crippen LogP contribution in [-0.2, 0) is 0 Å². The summed E-state index contributed by atoms with van der Waals surface area (Å²) in [5.74, 6) is 0. The SMILES string of the molecule is c1ccc(-c2nc3c(ccc4oc5ccc(N(c6ccccc6)c6ccc7oc8ccccc8c7c6)cc5c43)s2)cc1. The molecule has 0 unspecified atom stereocenters. The molecule has 0 bridgehead atoms. The maximum atomic E-state index is 6.35. The number of rotatable bonds is 4.